The number of carbonyl (C=O) groups is 2. The molecule has 168 valence electrons. The second-order valence-corrected chi connectivity index (χ2v) is 8.12. The van der Waals surface area contributed by atoms with Gasteiger partial charge < -0.3 is 16.0 Å². The van der Waals surface area contributed by atoms with Crippen LogP contribution in [0.25, 0.3) is 6.08 Å². The van der Waals surface area contributed by atoms with Gasteiger partial charge in [-0.15, -0.1) is 0 Å². The fraction of sp³-hybridized carbons (Fsp3) is 0.346. The molecule has 0 aliphatic carbocycles. The van der Waals surface area contributed by atoms with Crippen LogP contribution in [-0.4, -0.2) is 35.6 Å². The lowest BCUT2D eigenvalue weighted by Crippen LogP contribution is -2.34. The fourth-order valence-corrected chi connectivity index (χ4v) is 3.83. The average Bonchev–Trinajstić information content (AvgIpc) is 2.96. The van der Waals surface area contributed by atoms with Crippen LogP contribution in [0.15, 0.2) is 59.1 Å². The monoisotopic (exact) mass is 432 g/mol. The summed E-state index contributed by atoms with van der Waals surface area (Å²) in [5.41, 5.74) is 9.70. The molecule has 0 radical (unpaired) electrons. The van der Waals surface area contributed by atoms with Crippen molar-refractivity contribution < 1.29 is 9.59 Å². The summed E-state index contributed by atoms with van der Waals surface area (Å²) in [6, 6.07) is 15.0. The van der Waals surface area contributed by atoms with E-state index in [9.17, 15) is 9.59 Å². The van der Waals surface area contributed by atoms with Gasteiger partial charge in [-0.1, -0.05) is 50.2 Å². The predicted octanol–water partition coefficient (Wildman–Crippen LogP) is 4.60. The zero-order chi connectivity index (χ0) is 23.1. The number of nitrogens with one attached hydrogen (secondary N) is 1. The number of benzene rings is 2. The molecule has 3 rings (SSSR count). The molecule has 0 fully saturated rings. The normalized spacial score (nSPS) is 13.8. The standard InChI is InChI=1S/C26H32N4O2/c1-4-13-30(14-5-2)26(32)22-15-20-11-12-21(16-23(20)29-24(27)17-22)25(31)28-18(3)19-9-7-6-8-10-19/h6-12,15-16,18H,4-5,13-14,17H2,1-3H3,(H2,27,29)(H,28,31). The SMILES string of the molecule is CCCN(CCC)C(=O)C1=Cc2ccc(C(=O)NC(C)c3ccccc3)cc2N=C(N)C1. The van der Waals surface area contributed by atoms with Crippen LogP contribution < -0.4 is 11.1 Å². The van der Waals surface area contributed by atoms with Crippen LogP contribution in [0.1, 0.15) is 67.6 Å². The second-order valence-electron chi connectivity index (χ2n) is 8.12. The average molecular weight is 433 g/mol. The van der Waals surface area contributed by atoms with Crippen LogP contribution in [0.5, 0.6) is 0 Å². The summed E-state index contributed by atoms with van der Waals surface area (Å²) in [7, 11) is 0. The maximum atomic E-state index is 13.1. The number of carbonyl (C=O) groups excluding carboxylic acids is 2. The van der Waals surface area contributed by atoms with E-state index < -0.39 is 0 Å². The number of hydrogen-bond donors (Lipinski definition) is 2. The summed E-state index contributed by atoms with van der Waals surface area (Å²) in [4.78, 5) is 32.3. The molecule has 1 heterocycles. The Kier molecular flexibility index (Phi) is 7.82. The van der Waals surface area contributed by atoms with Gasteiger partial charge in [-0.25, -0.2) is 4.99 Å². The van der Waals surface area contributed by atoms with Gasteiger partial charge in [-0.3, -0.25) is 9.59 Å². The Morgan fingerprint density at radius 2 is 1.78 bits per heavy atom. The number of amides is 2. The van der Waals surface area contributed by atoms with Crippen LogP contribution in [-0.2, 0) is 4.79 Å². The molecular formula is C26H32N4O2. The van der Waals surface area contributed by atoms with Crippen LogP contribution >= 0.6 is 0 Å². The third kappa shape index (κ3) is 5.63. The van der Waals surface area contributed by atoms with Crippen molar-refractivity contribution in [1.82, 2.24) is 10.2 Å². The van der Waals surface area contributed by atoms with E-state index >= 15 is 0 Å². The van der Waals surface area contributed by atoms with Crippen molar-refractivity contribution in [3.05, 3.63) is 70.8 Å². The summed E-state index contributed by atoms with van der Waals surface area (Å²) in [6.07, 6.45) is 3.95. The van der Waals surface area contributed by atoms with Crippen molar-refractivity contribution in [1.29, 1.82) is 0 Å². The molecule has 2 aromatic rings. The van der Waals surface area contributed by atoms with Crippen LogP contribution in [0.4, 0.5) is 5.69 Å². The molecule has 1 aliphatic heterocycles. The van der Waals surface area contributed by atoms with Gasteiger partial charge in [0.05, 0.1) is 11.7 Å². The zero-order valence-corrected chi connectivity index (χ0v) is 19.1. The molecule has 1 atom stereocenters. The minimum Gasteiger partial charge on any atom is -0.387 e. The predicted molar refractivity (Wildman–Crippen MR) is 130 cm³/mol. The first-order chi connectivity index (χ1) is 15.4. The first kappa shape index (κ1) is 23.3. The van der Waals surface area contributed by atoms with Gasteiger partial charge in [0.1, 0.15) is 5.84 Å². The van der Waals surface area contributed by atoms with E-state index in [0.29, 0.717) is 42.2 Å². The summed E-state index contributed by atoms with van der Waals surface area (Å²) >= 11 is 0. The van der Waals surface area contributed by atoms with Gasteiger partial charge in [-0.2, -0.15) is 0 Å². The number of hydrogen-bond acceptors (Lipinski definition) is 4. The van der Waals surface area contributed by atoms with Crippen molar-refractivity contribution in [2.45, 2.75) is 46.1 Å². The molecule has 2 aromatic carbocycles. The Morgan fingerprint density at radius 1 is 1.09 bits per heavy atom. The topological polar surface area (TPSA) is 87.8 Å². The Morgan fingerprint density at radius 3 is 2.44 bits per heavy atom. The van der Waals surface area contributed by atoms with E-state index in [2.05, 4.69) is 24.2 Å². The molecule has 1 unspecified atom stereocenters. The third-order valence-corrected chi connectivity index (χ3v) is 5.45. The number of fused-ring (bicyclic) bond motifs is 1. The highest BCUT2D eigenvalue weighted by Gasteiger charge is 2.21. The van der Waals surface area contributed by atoms with E-state index in [-0.39, 0.29) is 17.9 Å². The quantitative estimate of drug-likeness (QED) is 0.639. The number of nitrogens with two attached hydrogens (primary N) is 1. The highest BCUT2D eigenvalue weighted by Crippen LogP contribution is 2.28. The van der Waals surface area contributed by atoms with Gasteiger partial charge in [0, 0.05) is 36.2 Å². The summed E-state index contributed by atoms with van der Waals surface area (Å²) in [5, 5.41) is 3.02. The van der Waals surface area contributed by atoms with Gasteiger partial charge in [0.2, 0.25) is 5.91 Å². The Balaban J connectivity index is 1.84. The molecule has 6 nitrogen and oxygen atoms in total. The smallest absolute Gasteiger partial charge is 0.251 e. The second kappa shape index (κ2) is 10.8. The lowest BCUT2D eigenvalue weighted by molar-refractivity contribution is -0.127. The molecule has 0 bridgehead atoms. The Labute approximate surface area is 190 Å². The van der Waals surface area contributed by atoms with Crippen LogP contribution in [0.2, 0.25) is 0 Å². The maximum Gasteiger partial charge on any atom is 0.251 e. The van der Waals surface area contributed by atoms with Crippen LogP contribution in [0.3, 0.4) is 0 Å². The van der Waals surface area contributed by atoms with Gasteiger partial charge in [0.15, 0.2) is 0 Å². The minimum atomic E-state index is -0.181. The van der Waals surface area contributed by atoms with Gasteiger partial charge in [0.25, 0.3) is 5.91 Å². The summed E-state index contributed by atoms with van der Waals surface area (Å²) in [5.74, 6) is 0.184. The van der Waals surface area contributed by atoms with Gasteiger partial charge in [-0.05, 0) is 43.5 Å². The lowest BCUT2D eigenvalue weighted by atomic mass is 10.0. The summed E-state index contributed by atoms with van der Waals surface area (Å²) < 4.78 is 0. The van der Waals surface area contributed by atoms with E-state index in [1.165, 1.54) is 0 Å². The summed E-state index contributed by atoms with van der Waals surface area (Å²) in [6.45, 7) is 7.51. The zero-order valence-electron chi connectivity index (χ0n) is 19.1. The molecule has 6 heteroatoms. The molecule has 3 N–H and O–H groups in total. The molecule has 0 saturated heterocycles. The number of aliphatic imine (C=N–C) groups is 1. The minimum absolute atomic E-state index is 0.00166. The molecule has 1 aliphatic rings. The molecule has 0 aromatic heterocycles. The molecule has 0 saturated carbocycles. The molecular weight excluding hydrogens is 400 g/mol. The van der Waals surface area contributed by atoms with E-state index in [0.717, 1.165) is 24.0 Å². The van der Waals surface area contributed by atoms with E-state index in [1.54, 1.807) is 12.1 Å². The highest BCUT2D eigenvalue weighted by molar-refractivity contribution is 6.06. The van der Waals surface area contributed by atoms with Crippen molar-refractivity contribution in [2.75, 3.05) is 13.1 Å². The Hall–Kier alpha value is -3.41. The first-order valence-electron chi connectivity index (χ1n) is 11.3. The van der Waals surface area contributed by atoms with Crippen LogP contribution in [0, 0.1) is 0 Å². The maximum absolute atomic E-state index is 13.1. The molecule has 0 spiro atoms. The molecule has 2 amide bonds. The highest BCUT2D eigenvalue weighted by atomic mass is 16.2. The van der Waals surface area contributed by atoms with Gasteiger partial charge >= 0.3 is 0 Å². The molecule has 32 heavy (non-hydrogen) atoms. The van der Waals surface area contributed by atoms with E-state index in [4.69, 9.17) is 5.73 Å². The fourth-order valence-electron chi connectivity index (χ4n) is 3.83. The Bertz CT molecular complexity index is 1020. The first-order valence-corrected chi connectivity index (χ1v) is 11.3. The number of rotatable bonds is 8. The van der Waals surface area contributed by atoms with E-state index in [1.807, 2.05) is 54.3 Å². The van der Waals surface area contributed by atoms with Crippen molar-refractivity contribution in [3.63, 3.8) is 0 Å². The largest absolute Gasteiger partial charge is 0.387 e. The van der Waals surface area contributed by atoms with Crippen molar-refractivity contribution in [2.24, 2.45) is 10.7 Å². The van der Waals surface area contributed by atoms with Crippen molar-refractivity contribution in [3.8, 4) is 0 Å². The number of amidine groups is 1. The number of nitrogens with zero attached hydrogens (tertiary/aromatic N) is 2. The third-order valence-electron chi connectivity index (χ3n) is 5.45. The van der Waals surface area contributed by atoms with Crippen molar-refractivity contribution >= 4 is 29.4 Å². The lowest BCUT2D eigenvalue weighted by Gasteiger charge is -2.22.